The van der Waals surface area contributed by atoms with Crippen LogP contribution in [0.3, 0.4) is 0 Å². The molecule has 4 N–H and O–H groups in total. The zero-order valence-corrected chi connectivity index (χ0v) is 15.0. The number of hydrogen-bond donors (Lipinski definition) is 4. The quantitative estimate of drug-likeness (QED) is 0.455. The van der Waals surface area contributed by atoms with Gasteiger partial charge >= 0.3 is 0 Å². The van der Waals surface area contributed by atoms with Crippen LogP contribution in [0.1, 0.15) is 10.5 Å². The number of carbonyl (C=O) groups is 1. The number of carbonyl (C=O) groups excluding carboxylic acids is 1. The van der Waals surface area contributed by atoms with Crippen LogP contribution < -0.4 is 15.4 Å². The first-order valence-corrected chi connectivity index (χ1v) is 9.36. The van der Waals surface area contributed by atoms with Crippen molar-refractivity contribution < 1.29 is 22.3 Å². The van der Waals surface area contributed by atoms with Gasteiger partial charge in [-0.3, -0.25) is 9.52 Å². The molecule has 0 saturated heterocycles. The highest BCUT2D eigenvalue weighted by Crippen LogP contribution is 2.19. The van der Waals surface area contributed by atoms with Gasteiger partial charge in [-0.25, -0.2) is 12.8 Å². The van der Waals surface area contributed by atoms with Gasteiger partial charge in [-0.1, -0.05) is 12.1 Å². The average molecular weight is 384 g/mol. The SMILES string of the molecule is COCCNCCNC(=O)c1cc(S(=O)(=O)Nc2ccccc2F)c[nH]1. The predicted molar refractivity (Wildman–Crippen MR) is 95.1 cm³/mol. The lowest BCUT2D eigenvalue weighted by atomic mass is 10.3. The van der Waals surface area contributed by atoms with Gasteiger partial charge in [0.1, 0.15) is 16.4 Å². The van der Waals surface area contributed by atoms with Crippen LogP contribution in [0, 0.1) is 5.82 Å². The Kier molecular flexibility index (Phi) is 7.13. The van der Waals surface area contributed by atoms with E-state index in [-0.39, 0.29) is 16.3 Å². The molecule has 1 heterocycles. The predicted octanol–water partition coefficient (Wildman–Crippen LogP) is 0.920. The van der Waals surface area contributed by atoms with E-state index in [1.54, 1.807) is 7.11 Å². The molecular formula is C16H21FN4O4S. The second kappa shape index (κ2) is 9.32. The van der Waals surface area contributed by atoms with E-state index in [1.165, 1.54) is 30.5 Å². The fraction of sp³-hybridized carbons (Fsp3) is 0.312. The van der Waals surface area contributed by atoms with Gasteiger partial charge in [0.05, 0.1) is 12.3 Å². The van der Waals surface area contributed by atoms with Crippen LogP contribution in [0.2, 0.25) is 0 Å². The third-order valence-electron chi connectivity index (χ3n) is 3.40. The lowest BCUT2D eigenvalue weighted by Gasteiger charge is -2.07. The third-order valence-corrected chi connectivity index (χ3v) is 4.74. The summed E-state index contributed by atoms with van der Waals surface area (Å²) in [6.07, 6.45) is 1.18. The van der Waals surface area contributed by atoms with E-state index in [2.05, 4.69) is 20.3 Å². The molecule has 0 aliphatic rings. The Labute approximate surface area is 151 Å². The van der Waals surface area contributed by atoms with Crippen LogP contribution >= 0.6 is 0 Å². The summed E-state index contributed by atoms with van der Waals surface area (Å²) >= 11 is 0. The standard InChI is InChI=1S/C16H21FN4O4S/c1-25-9-8-18-6-7-19-16(22)15-10-12(11-20-15)26(23,24)21-14-5-3-2-4-13(14)17/h2-5,10-11,18,20-21H,6-9H2,1H3,(H,19,22). The van der Waals surface area contributed by atoms with E-state index in [0.29, 0.717) is 26.2 Å². The number of halogens is 1. The highest BCUT2D eigenvalue weighted by Gasteiger charge is 2.19. The van der Waals surface area contributed by atoms with Crippen molar-refractivity contribution in [3.63, 3.8) is 0 Å². The number of anilines is 1. The Morgan fingerprint density at radius 3 is 2.73 bits per heavy atom. The molecule has 2 rings (SSSR count). The first-order chi connectivity index (χ1) is 12.4. The minimum absolute atomic E-state index is 0.0933. The third kappa shape index (κ3) is 5.55. The van der Waals surface area contributed by atoms with Crippen molar-refractivity contribution in [2.24, 2.45) is 0 Å². The monoisotopic (exact) mass is 384 g/mol. The summed E-state index contributed by atoms with van der Waals surface area (Å²) in [4.78, 5) is 14.5. The number of aromatic amines is 1. The van der Waals surface area contributed by atoms with Gasteiger partial charge in [-0.2, -0.15) is 0 Å². The highest BCUT2D eigenvalue weighted by molar-refractivity contribution is 7.92. The van der Waals surface area contributed by atoms with Gasteiger partial charge in [0.15, 0.2) is 0 Å². The van der Waals surface area contributed by atoms with Crippen molar-refractivity contribution in [2.75, 3.05) is 38.1 Å². The topological polar surface area (TPSA) is 112 Å². The molecule has 1 aromatic carbocycles. The van der Waals surface area contributed by atoms with Crippen LogP contribution in [-0.2, 0) is 14.8 Å². The van der Waals surface area contributed by atoms with E-state index in [4.69, 9.17) is 4.74 Å². The van der Waals surface area contributed by atoms with Gasteiger partial charge in [0, 0.05) is 32.9 Å². The Balaban J connectivity index is 1.93. The molecule has 0 radical (unpaired) electrons. The lowest BCUT2D eigenvalue weighted by molar-refractivity contribution is 0.0949. The van der Waals surface area contributed by atoms with E-state index in [0.717, 1.165) is 6.07 Å². The number of sulfonamides is 1. The summed E-state index contributed by atoms with van der Waals surface area (Å²) in [7, 11) is -2.41. The molecule has 10 heteroatoms. The molecule has 8 nitrogen and oxygen atoms in total. The summed E-state index contributed by atoms with van der Waals surface area (Å²) in [6, 6.07) is 6.61. The molecular weight excluding hydrogens is 363 g/mol. The largest absolute Gasteiger partial charge is 0.383 e. The van der Waals surface area contributed by atoms with Crippen LogP contribution in [0.15, 0.2) is 41.4 Å². The maximum atomic E-state index is 13.6. The molecule has 0 aliphatic carbocycles. The normalized spacial score (nSPS) is 11.3. The number of nitrogens with one attached hydrogen (secondary N) is 4. The van der Waals surface area contributed by atoms with Crippen LogP contribution in [0.5, 0.6) is 0 Å². The molecule has 1 aromatic heterocycles. The number of para-hydroxylation sites is 1. The second-order valence-corrected chi connectivity index (χ2v) is 7.02. The molecule has 26 heavy (non-hydrogen) atoms. The van der Waals surface area contributed by atoms with Gasteiger partial charge in [0.2, 0.25) is 0 Å². The number of amides is 1. The van der Waals surface area contributed by atoms with E-state index < -0.39 is 21.7 Å². The molecule has 0 bridgehead atoms. The minimum Gasteiger partial charge on any atom is -0.383 e. The molecule has 0 unspecified atom stereocenters. The van der Waals surface area contributed by atoms with Crippen molar-refractivity contribution in [2.45, 2.75) is 4.90 Å². The van der Waals surface area contributed by atoms with Crippen molar-refractivity contribution >= 4 is 21.6 Å². The smallest absolute Gasteiger partial charge is 0.267 e. The zero-order chi connectivity index (χ0) is 19.0. The number of ether oxygens (including phenoxy) is 1. The van der Waals surface area contributed by atoms with Crippen LogP contribution in [0.25, 0.3) is 0 Å². The lowest BCUT2D eigenvalue weighted by Crippen LogP contribution is -2.33. The number of hydrogen-bond acceptors (Lipinski definition) is 5. The van der Waals surface area contributed by atoms with Gasteiger partial charge in [-0.05, 0) is 18.2 Å². The summed E-state index contributed by atoms with van der Waals surface area (Å²) in [5.74, 6) is -1.13. The molecule has 0 atom stereocenters. The number of aromatic nitrogens is 1. The van der Waals surface area contributed by atoms with Crippen molar-refractivity contribution in [1.29, 1.82) is 0 Å². The Hall–Kier alpha value is -2.43. The highest BCUT2D eigenvalue weighted by atomic mass is 32.2. The molecule has 0 spiro atoms. The summed E-state index contributed by atoms with van der Waals surface area (Å²) in [6.45, 7) is 2.16. The van der Waals surface area contributed by atoms with Crippen molar-refractivity contribution in [3.05, 3.63) is 48.0 Å². The molecule has 1 amide bonds. The van der Waals surface area contributed by atoms with Crippen LogP contribution in [-0.4, -0.2) is 52.7 Å². The van der Waals surface area contributed by atoms with E-state index in [9.17, 15) is 17.6 Å². The van der Waals surface area contributed by atoms with Gasteiger partial charge in [0.25, 0.3) is 15.9 Å². The summed E-state index contributed by atoms with van der Waals surface area (Å²) < 4.78 is 45.2. The molecule has 0 saturated carbocycles. The van der Waals surface area contributed by atoms with E-state index in [1.807, 2.05) is 0 Å². The Morgan fingerprint density at radius 1 is 1.23 bits per heavy atom. The number of methoxy groups -OCH3 is 1. The van der Waals surface area contributed by atoms with E-state index >= 15 is 0 Å². The number of H-pyrrole nitrogens is 1. The zero-order valence-electron chi connectivity index (χ0n) is 14.2. The molecule has 0 fully saturated rings. The average Bonchev–Trinajstić information content (AvgIpc) is 3.11. The number of benzene rings is 1. The molecule has 0 aliphatic heterocycles. The van der Waals surface area contributed by atoms with Crippen molar-refractivity contribution in [1.82, 2.24) is 15.6 Å². The van der Waals surface area contributed by atoms with Gasteiger partial charge in [-0.15, -0.1) is 0 Å². The Bertz CT molecular complexity index is 838. The maximum Gasteiger partial charge on any atom is 0.267 e. The fourth-order valence-electron chi connectivity index (χ4n) is 2.07. The number of rotatable bonds is 10. The first-order valence-electron chi connectivity index (χ1n) is 7.87. The maximum absolute atomic E-state index is 13.6. The first kappa shape index (κ1) is 19.9. The molecule has 142 valence electrons. The summed E-state index contributed by atoms with van der Waals surface area (Å²) in [5.41, 5.74) is -0.0716. The second-order valence-electron chi connectivity index (χ2n) is 5.33. The van der Waals surface area contributed by atoms with Crippen LogP contribution in [0.4, 0.5) is 10.1 Å². The summed E-state index contributed by atoms with van der Waals surface area (Å²) in [5, 5.41) is 5.71. The fourth-order valence-corrected chi connectivity index (χ4v) is 3.13. The Morgan fingerprint density at radius 2 is 2.00 bits per heavy atom. The minimum atomic E-state index is -4.01. The molecule has 2 aromatic rings. The van der Waals surface area contributed by atoms with Gasteiger partial charge < -0.3 is 20.4 Å². The van der Waals surface area contributed by atoms with Crippen molar-refractivity contribution in [3.8, 4) is 0 Å².